The van der Waals surface area contributed by atoms with Gasteiger partial charge in [-0.15, -0.1) is 0 Å². The number of hydrogen-bond donors (Lipinski definition) is 2. The summed E-state index contributed by atoms with van der Waals surface area (Å²) < 4.78 is 2.04. The smallest absolute Gasteiger partial charge is 0.263 e. The highest BCUT2D eigenvalue weighted by Crippen LogP contribution is 2.46. The standard InChI is InChI=1S/C14H13Br4NO4/c1-14(2,3)10(13(22)23)19-11(20)4-5(12(19)21)7(16)9(18)8(17)6(4)15/h10,13,22-23H,1-3H3/t10-/m0/s1. The van der Waals surface area contributed by atoms with Gasteiger partial charge in [-0.05, 0) is 69.1 Å². The van der Waals surface area contributed by atoms with Gasteiger partial charge in [0.05, 0.1) is 17.2 Å². The third kappa shape index (κ3) is 3.08. The van der Waals surface area contributed by atoms with Crippen LogP contribution in [0.5, 0.6) is 0 Å². The van der Waals surface area contributed by atoms with Crippen molar-refractivity contribution in [2.75, 3.05) is 0 Å². The Balaban J connectivity index is 2.71. The van der Waals surface area contributed by atoms with E-state index in [0.717, 1.165) is 4.90 Å². The van der Waals surface area contributed by atoms with Crippen LogP contribution in [0.25, 0.3) is 0 Å². The highest BCUT2D eigenvalue weighted by atomic mass is 79.9. The molecule has 0 fully saturated rings. The molecule has 1 aromatic carbocycles. The predicted octanol–water partition coefficient (Wildman–Crippen LogP) is 4.06. The lowest BCUT2D eigenvalue weighted by Gasteiger charge is -2.37. The highest BCUT2D eigenvalue weighted by Gasteiger charge is 2.49. The Hall–Kier alpha value is 0.200. The molecule has 0 spiro atoms. The molecule has 1 heterocycles. The third-order valence-corrected chi connectivity index (χ3v) is 8.35. The second kappa shape index (κ2) is 6.49. The first-order valence-electron chi connectivity index (χ1n) is 6.51. The lowest BCUT2D eigenvalue weighted by Crippen LogP contribution is -2.53. The maximum atomic E-state index is 12.8. The fourth-order valence-corrected chi connectivity index (χ4v) is 5.04. The van der Waals surface area contributed by atoms with Gasteiger partial charge in [0.2, 0.25) is 0 Å². The summed E-state index contributed by atoms with van der Waals surface area (Å²) in [7, 11) is 0. The number of imide groups is 1. The predicted molar refractivity (Wildman–Crippen MR) is 99.2 cm³/mol. The van der Waals surface area contributed by atoms with Crippen molar-refractivity contribution in [2.24, 2.45) is 5.41 Å². The molecule has 1 aliphatic heterocycles. The van der Waals surface area contributed by atoms with E-state index in [-0.39, 0.29) is 11.1 Å². The maximum absolute atomic E-state index is 12.8. The van der Waals surface area contributed by atoms with Gasteiger partial charge in [0.15, 0.2) is 6.29 Å². The van der Waals surface area contributed by atoms with E-state index in [9.17, 15) is 19.8 Å². The molecule has 1 aliphatic rings. The number of aliphatic hydroxyl groups excluding tert-OH is 1. The molecule has 0 bridgehead atoms. The van der Waals surface area contributed by atoms with Crippen LogP contribution in [-0.4, -0.2) is 39.3 Å². The van der Waals surface area contributed by atoms with Crippen LogP contribution in [-0.2, 0) is 0 Å². The summed E-state index contributed by atoms with van der Waals surface area (Å²) >= 11 is 13.4. The monoisotopic (exact) mass is 575 g/mol. The Morgan fingerprint density at radius 1 is 0.826 bits per heavy atom. The number of aliphatic hydroxyl groups is 2. The van der Waals surface area contributed by atoms with Crippen LogP contribution >= 0.6 is 63.7 Å². The van der Waals surface area contributed by atoms with E-state index in [4.69, 9.17) is 0 Å². The molecular weight excluding hydrogens is 566 g/mol. The Labute approximate surface area is 166 Å². The molecule has 1 aromatic rings. The lowest BCUT2D eigenvalue weighted by atomic mass is 9.85. The number of halogens is 4. The number of carbonyl (C=O) groups is 2. The van der Waals surface area contributed by atoms with E-state index in [2.05, 4.69) is 63.7 Å². The number of benzene rings is 1. The molecule has 0 saturated carbocycles. The average molecular weight is 579 g/mol. The molecule has 9 heteroatoms. The fraction of sp³-hybridized carbons (Fsp3) is 0.429. The Kier molecular flexibility index (Phi) is 5.51. The number of fused-ring (bicyclic) bond motifs is 1. The van der Waals surface area contributed by atoms with Crippen LogP contribution in [0.1, 0.15) is 41.5 Å². The molecule has 0 aliphatic carbocycles. The first kappa shape index (κ1) is 19.5. The van der Waals surface area contributed by atoms with Crippen LogP contribution in [0.15, 0.2) is 17.9 Å². The topological polar surface area (TPSA) is 77.8 Å². The number of nitrogens with zero attached hydrogens (tertiary/aromatic N) is 1. The van der Waals surface area contributed by atoms with E-state index in [0.29, 0.717) is 17.9 Å². The summed E-state index contributed by atoms with van der Waals surface area (Å²) in [6.45, 7) is 5.20. The van der Waals surface area contributed by atoms with Crippen molar-refractivity contribution in [3.63, 3.8) is 0 Å². The third-order valence-electron chi connectivity index (χ3n) is 3.58. The summed E-state index contributed by atoms with van der Waals surface area (Å²) in [5, 5.41) is 19.5. The lowest BCUT2D eigenvalue weighted by molar-refractivity contribution is -0.114. The van der Waals surface area contributed by atoms with Crippen molar-refractivity contribution in [1.82, 2.24) is 4.90 Å². The normalized spacial score (nSPS) is 16.3. The molecule has 2 rings (SSSR count). The van der Waals surface area contributed by atoms with Crippen molar-refractivity contribution in [2.45, 2.75) is 33.1 Å². The maximum Gasteiger partial charge on any atom is 0.263 e. The zero-order valence-corrected chi connectivity index (χ0v) is 18.7. The van der Waals surface area contributed by atoms with Crippen LogP contribution in [0.3, 0.4) is 0 Å². The van der Waals surface area contributed by atoms with E-state index >= 15 is 0 Å². The first-order chi connectivity index (χ1) is 10.4. The van der Waals surface area contributed by atoms with Gasteiger partial charge in [0.25, 0.3) is 11.8 Å². The van der Waals surface area contributed by atoms with Crippen molar-refractivity contribution in [1.29, 1.82) is 0 Å². The van der Waals surface area contributed by atoms with E-state index in [1.54, 1.807) is 20.8 Å². The zero-order chi connectivity index (χ0) is 17.9. The second-order valence-corrected chi connectivity index (χ2v) is 9.38. The number of carbonyl (C=O) groups excluding carboxylic acids is 2. The number of hydrogen-bond acceptors (Lipinski definition) is 4. The SMILES string of the molecule is CC(C)(C)[C@H](C(O)O)N1C(=O)c2c(Br)c(Br)c(Br)c(Br)c2C1=O. The zero-order valence-electron chi connectivity index (χ0n) is 12.3. The first-order valence-corrected chi connectivity index (χ1v) is 9.68. The summed E-state index contributed by atoms with van der Waals surface area (Å²) in [6, 6.07) is -1.08. The molecule has 1 atom stereocenters. The van der Waals surface area contributed by atoms with Crippen molar-refractivity contribution in [3.8, 4) is 0 Å². The van der Waals surface area contributed by atoms with Gasteiger partial charge in [0.1, 0.15) is 0 Å². The largest absolute Gasteiger partial charge is 0.366 e. The minimum atomic E-state index is -1.85. The van der Waals surface area contributed by atoms with Crippen LogP contribution in [0.2, 0.25) is 0 Å². The second-order valence-electron chi connectivity index (χ2n) is 6.21. The minimum Gasteiger partial charge on any atom is -0.366 e. The summed E-state index contributed by atoms with van der Waals surface area (Å²) in [4.78, 5) is 26.6. The van der Waals surface area contributed by atoms with Gasteiger partial charge in [-0.25, -0.2) is 0 Å². The Morgan fingerprint density at radius 2 is 1.17 bits per heavy atom. The fourth-order valence-electron chi connectivity index (χ4n) is 2.59. The molecule has 2 N–H and O–H groups in total. The summed E-state index contributed by atoms with van der Waals surface area (Å²) in [5.74, 6) is -1.14. The summed E-state index contributed by atoms with van der Waals surface area (Å²) in [6.07, 6.45) is -1.85. The molecule has 0 saturated heterocycles. The van der Waals surface area contributed by atoms with Crippen molar-refractivity contribution >= 4 is 75.5 Å². The van der Waals surface area contributed by atoms with Gasteiger partial charge in [-0.3, -0.25) is 14.5 Å². The van der Waals surface area contributed by atoms with Crippen LogP contribution < -0.4 is 0 Å². The molecule has 0 radical (unpaired) electrons. The van der Waals surface area contributed by atoms with E-state index in [1.165, 1.54) is 0 Å². The highest BCUT2D eigenvalue weighted by molar-refractivity contribution is 9.15. The number of rotatable bonds is 2. The van der Waals surface area contributed by atoms with E-state index in [1.807, 2.05) is 0 Å². The van der Waals surface area contributed by atoms with Crippen LogP contribution in [0.4, 0.5) is 0 Å². The van der Waals surface area contributed by atoms with Gasteiger partial charge in [-0.1, -0.05) is 20.8 Å². The van der Waals surface area contributed by atoms with E-state index < -0.39 is 29.6 Å². The van der Waals surface area contributed by atoms with Gasteiger partial charge in [0, 0.05) is 17.9 Å². The average Bonchev–Trinajstić information content (AvgIpc) is 2.66. The molecular formula is C14H13Br4NO4. The molecule has 0 aromatic heterocycles. The number of amides is 2. The Morgan fingerprint density at radius 3 is 1.43 bits per heavy atom. The molecule has 5 nitrogen and oxygen atoms in total. The van der Waals surface area contributed by atoms with Crippen molar-refractivity contribution < 1.29 is 19.8 Å². The van der Waals surface area contributed by atoms with Crippen LogP contribution in [0, 0.1) is 5.41 Å². The molecule has 126 valence electrons. The summed E-state index contributed by atoms with van der Waals surface area (Å²) in [5.41, 5.74) is -0.340. The van der Waals surface area contributed by atoms with Gasteiger partial charge < -0.3 is 10.2 Å². The molecule has 0 unspecified atom stereocenters. The molecule has 2 amide bonds. The van der Waals surface area contributed by atoms with Crippen molar-refractivity contribution in [3.05, 3.63) is 29.0 Å². The molecule has 23 heavy (non-hydrogen) atoms. The Bertz CT molecular complexity index is 665. The van der Waals surface area contributed by atoms with Gasteiger partial charge in [-0.2, -0.15) is 0 Å². The minimum absolute atomic E-state index is 0.187. The van der Waals surface area contributed by atoms with Gasteiger partial charge >= 0.3 is 0 Å². The quantitative estimate of drug-likeness (QED) is 0.240.